The second-order valence-corrected chi connectivity index (χ2v) is 6.07. The number of alkyl carbamates (subject to hydrolysis) is 1. The number of hydrogen-bond donors (Lipinski definition) is 1. The molecule has 0 radical (unpaired) electrons. The van der Waals surface area contributed by atoms with Crippen molar-refractivity contribution in [3.05, 3.63) is 54.8 Å². The summed E-state index contributed by atoms with van der Waals surface area (Å²) in [6.45, 7) is 12.8. The summed E-state index contributed by atoms with van der Waals surface area (Å²) in [7, 11) is 1.27. The molecule has 0 aliphatic carbocycles. The first-order valence-electron chi connectivity index (χ1n) is 7.67. The molecule has 1 aromatic heterocycles. The SMILES string of the molecule is C=C/C(C(=O)OC)=C(\C=C)C(CNC(=O)OC(C)(C)C)c1ncco1. The molecule has 7 heteroatoms. The van der Waals surface area contributed by atoms with Gasteiger partial charge in [-0.25, -0.2) is 14.6 Å². The fourth-order valence-corrected chi connectivity index (χ4v) is 2.11. The summed E-state index contributed by atoms with van der Waals surface area (Å²) in [6, 6.07) is 0. The molecule has 0 saturated heterocycles. The molecule has 0 saturated carbocycles. The van der Waals surface area contributed by atoms with Crippen LogP contribution in [-0.4, -0.2) is 36.3 Å². The van der Waals surface area contributed by atoms with E-state index in [1.54, 1.807) is 20.8 Å². The molecule has 0 aliphatic rings. The van der Waals surface area contributed by atoms with Gasteiger partial charge in [-0.05, 0) is 26.3 Å². The van der Waals surface area contributed by atoms with Crippen LogP contribution in [0.1, 0.15) is 32.6 Å². The number of hydrogen-bond acceptors (Lipinski definition) is 6. The van der Waals surface area contributed by atoms with Gasteiger partial charge in [-0.15, -0.1) is 0 Å². The zero-order valence-corrected chi connectivity index (χ0v) is 15.0. The van der Waals surface area contributed by atoms with Crippen molar-refractivity contribution in [2.75, 3.05) is 13.7 Å². The highest BCUT2D eigenvalue weighted by Gasteiger charge is 2.26. The van der Waals surface area contributed by atoms with E-state index in [2.05, 4.69) is 23.5 Å². The Labute approximate surface area is 147 Å². The Morgan fingerprint density at radius 1 is 1.36 bits per heavy atom. The molecule has 0 fully saturated rings. The molecule has 0 bridgehead atoms. The summed E-state index contributed by atoms with van der Waals surface area (Å²) in [5.74, 6) is -0.819. The molecule has 0 aliphatic heterocycles. The van der Waals surface area contributed by atoms with Crippen molar-refractivity contribution in [1.82, 2.24) is 10.3 Å². The number of carbonyl (C=O) groups excluding carboxylic acids is 2. The van der Waals surface area contributed by atoms with Crippen molar-refractivity contribution < 1.29 is 23.5 Å². The smallest absolute Gasteiger partial charge is 0.407 e. The number of esters is 1. The Kier molecular flexibility index (Phi) is 7.17. The lowest BCUT2D eigenvalue weighted by Gasteiger charge is -2.22. The van der Waals surface area contributed by atoms with Crippen molar-refractivity contribution in [2.24, 2.45) is 0 Å². The minimum Gasteiger partial charge on any atom is -0.465 e. The highest BCUT2D eigenvalue weighted by molar-refractivity contribution is 5.93. The quantitative estimate of drug-likeness (QED) is 0.462. The highest BCUT2D eigenvalue weighted by atomic mass is 16.6. The van der Waals surface area contributed by atoms with Gasteiger partial charge < -0.3 is 19.2 Å². The van der Waals surface area contributed by atoms with E-state index in [1.807, 2.05) is 0 Å². The summed E-state index contributed by atoms with van der Waals surface area (Å²) in [5, 5.41) is 2.65. The van der Waals surface area contributed by atoms with Crippen LogP contribution < -0.4 is 5.32 Å². The van der Waals surface area contributed by atoms with Crippen LogP contribution in [-0.2, 0) is 14.3 Å². The third-order valence-electron chi connectivity index (χ3n) is 3.11. The minimum absolute atomic E-state index is 0.0884. The maximum absolute atomic E-state index is 12.0. The second kappa shape index (κ2) is 8.86. The maximum Gasteiger partial charge on any atom is 0.407 e. The summed E-state index contributed by atoms with van der Waals surface area (Å²) < 4.78 is 15.3. The zero-order valence-electron chi connectivity index (χ0n) is 15.0. The molecule has 136 valence electrons. The Morgan fingerprint density at radius 2 is 2.04 bits per heavy atom. The molecule has 1 heterocycles. The van der Waals surface area contributed by atoms with E-state index in [-0.39, 0.29) is 12.1 Å². The first kappa shape index (κ1) is 20.2. The Hall–Kier alpha value is -2.83. The molecule has 7 nitrogen and oxygen atoms in total. The molecule has 1 aromatic rings. The first-order valence-corrected chi connectivity index (χ1v) is 7.67. The standard InChI is InChI=1S/C18H24N2O5/c1-7-12(13(8-2)16(21)23-6)14(15-19-9-10-24-15)11-20-17(22)25-18(3,4)5/h7-10,14H,1-2,11H2,3-6H3,(H,20,22)/b13-12-. The number of nitrogens with zero attached hydrogens (tertiary/aromatic N) is 1. The minimum atomic E-state index is -0.627. The van der Waals surface area contributed by atoms with Crippen LogP contribution in [0.3, 0.4) is 0 Å². The first-order chi connectivity index (χ1) is 11.7. The number of nitrogens with one attached hydrogen (secondary N) is 1. The molecular weight excluding hydrogens is 324 g/mol. The van der Waals surface area contributed by atoms with Gasteiger partial charge >= 0.3 is 12.1 Å². The number of rotatable bonds is 7. The van der Waals surface area contributed by atoms with E-state index >= 15 is 0 Å². The van der Waals surface area contributed by atoms with E-state index < -0.39 is 23.6 Å². The van der Waals surface area contributed by atoms with Crippen LogP contribution in [0.5, 0.6) is 0 Å². The topological polar surface area (TPSA) is 90.7 Å². The van der Waals surface area contributed by atoms with Crippen LogP contribution in [0.2, 0.25) is 0 Å². The Balaban J connectivity index is 3.14. The fourth-order valence-electron chi connectivity index (χ4n) is 2.11. The number of methoxy groups -OCH3 is 1. The summed E-state index contributed by atoms with van der Waals surface area (Å²) in [6.07, 6.45) is 5.14. The predicted molar refractivity (Wildman–Crippen MR) is 92.9 cm³/mol. The van der Waals surface area contributed by atoms with Crippen molar-refractivity contribution >= 4 is 12.1 Å². The number of oxazole rings is 1. The van der Waals surface area contributed by atoms with Gasteiger partial charge in [0, 0.05) is 6.54 Å². The molecule has 1 rings (SSSR count). The van der Waals surface area contributed by atoms with Gasteiger partial charge in [0.2, 0.25) is 5.89 Å². The molecule has 1 amide bonds. The summed E-state index contributed by atoms with van der Waals surface area (Å²) in [5.41, 5.74) is 0.0600. The second-order valence-electron chi connectivity index (χ2n) is 6.07. The van der Waals surface area contributed by atoms with E-state index in [4.69, 9.17) is 13.9 Å². The summed E-state index contributed by atoms with van der Waals surface area (Å²) in [4.78, 5) is 28.0. The lowest BCUT2D eigenvalue weighted by molar-refractivity contribution is -0.135. The molecular formula is C18H24N2O5. The zero-order chi connectivity index (χ0) is 19.0. The molecule has 1 atom stereocenters. The van der Waals surface area contributed by atoms with Gasteiger partial charge in [-0.3, -0.25) is 0 Å². The molecule has 1 unspecified atom stereocenters. The number of allylic oxidation sites excluding steroid dienone is 1. The Bertz CT molecular complexity index is 654. The van der Waals surface area contributed by atoms with E-state index in [0.29, 0.717) is 11.5 Å². The molecule has 1 N–H and O–H groups in total. The monoisotopic (exact) mass is 348 g/mol. The average molecular weight is 348 g/mol. The number of ether oxygens (including phenoxy) is 2. The van der Waals surface area contributed by atoms with Gasteiger partial charge in [-0.1, -0.05) is 25.3 Å². The average Bonchev–Trinajstić information content (AvgIpc) is 3.06. The lowest BCUT2D eigenvalue weighted by Crippen LogP contribution is -2.35. The van der Waals surface area contributed by atoms with Crippen LogP contribution in [0.4, 0.5) is 4.79 Å². The van der Waals surface area contributed by atoms with Gasteiger partial charge in [0.1, 0.15) is 11.9 Å². The van der Waals surface area contributed by atoms with Gasteiger partial charge in [0.25, 0.3) is 0 Å². The normalized spacial score (nSPS) is 13.3. The highest BCUT2D eigenvalue weighted by Crippen LogP contribution is 2.27. The van der Waals surface area contributed by atoms with Crippen LogP contribution in [0.15, 0.2) is 53.3 Å². The number of aromatic nitrogens is 1. The van der Waals surface area contributed by atoms with Crippen molar-refractivity contribution in [2.45, 2.75) is 32.3 Å². The molecule has 0 aromatic carbocycles. The maximum atomic E-state index is 12.0. The van der Waals surface area contributed by atoms with Crippen molar-refractivity contribution in [3.8, 4) is 0 Å². The third kappa shape index (κ3) is 5.95. The molecule has 0 spiro atoms. The van der Waals surface area contributed by atoms with Crippen molar-refractivity contribution in [3.63, 3.8) is 0 Å². The van der Waals surface area contributed by atoms with E-state index in [0.717, 1.165) is 0 Å². The van der Waals surface area contributed by atoms with E-state index in [9.17, 15) is 9.59 Å². The predicted octanol–water partition coefficient (Wildman–Crippen LogP) is 3.12. The Morgan fingerprint density at radius 3 is 2.48 bits per heavy atom. The van der Waals surface area contributed by atoms with Crippen LogP contribution >= 0.6 is 0 Å². The van der Waals surface area contributed by atoms with Gasteiger partial charge in [0.15, 0.2) is 0 Å². The van der Waals surface area contributed by atoms with Crippen LogP contribution in [0.25, 0.3) is 0 Å². The number of amides is 1. The number of carbonyl (C=O) groups is 2. The molecule has 25 heavy (non-hydrogen) atoms. The van der Waals surface area contributed by atoms with Gasteiger partial charge in [-0.2, -0.15) is 0 Å². The summed E-state index contributed by atoms with van der Waals surface area (Å²) >= 11 is 0. The third-order valence-corrected chi connectivity index (χ3v) is 3.11. The van der Waals surface area contributed by atoms with E-state index in [1.165, 1.54) is 31.7 Å². The van der Waals surface area contributed by atoms with Gasteiger partial charge in [0.05, 0.1) is 24.8 Å². The van der Waals surface area contributed by atoms with Crippen LogP contribution in [0, 0.1) is 0 Å². The fraction of sp³-hybridized carbons (Fsp3) is 0.389. The lowest BCUT2D eigenvalue weighted by atomic mass is 9.93. The largest absolute Gasteiger partial charge is 0.465 e. The van der Waals surface area contributed by atoms with Crippen molar-refractivity contribution in [1.29, 1.82) is 0 Å².